The van der Waals surface area contributed by atoms with E-state index in [9.17, 15) is 4.79 Å². The zero-order valence-electron chi connectivity index (χ0n) is 18.8. The Morgan fingerprint density at radius 2 is 1.78 bits per heavy atom. The van der Waals surface area contributed by atoms with Crippen LogP contribution in [-0.4, -0.2) is 56.0 Å². The van der Waals surface area contributed by atoms with Gasteiger partial charge in [-0.25, -0.2) is 0 Å². The molecule has 0 saturated heterocycles. The Labute approximate surface area is 193 Å². The minimum Gasteiger partial charge on any atom is -0.497 e. The molecule has 0 bridgehead atoms. The predicted octanol–water partition coefficient (Wildman–Crippen LogP) is 4.61. The van der Waals surface area contributed by atoms with Crippen molar-refractivity contribution in [2.24, 2.45) is 0 Å². The maximum Gasteiger partial charge on any atom is 0.235 e. The Hall–Kier alpha value is -2.87. The summed E-state index contributed by atoms with van der Waals surface area (Å²) in [5, 5.41) is 9.33. The second-order valence-electron chi connectivity index (χ2n) is 8.08. The van der Waals surface area contributed by atoms with E-state index in [4.69, 9.17) is 4.74 Å². The van der Waals surface area contributed by atoms with Crippen molar-refractivity contribution in [3.63, 3.8) is 0 Å². The SMILES string of the molecule is COc1ccc(-n2c(S[C@@H](C)C(=O)N(C)C3CCCCC3)nnc2-c2ccncc2)cc1. The van der Waals surface area contributed by atoms with E-state index in [2.05, 4.69) is 15.2 Å². The largest absolute Gasteiger partial charge is 0.497 e. The van der Waals surface area contributed by atoms with Gasteiger partial charge in [0.15, 0.2) is 11.0 Å². The van der Waals surface area contributed by atoms with Gasteiger partial charge in [0.25, 0.3) is 0 Å². The molecule has 0 unspecified atom stereocenters. The van der Waals surface area contributed by atoms with Crippen LogP contribution in [-0.2, 0) is 4.79 Å². The van der Waals surface area contributed by atoms with Crippen LogP contribution < -0.4 is 4.74 Å². The van der Waals surface area contributed by atoms with Gasteiger partial charge in [-0.3, -0.25) is 14.3 Å². The Morgan fingerprint density at radius 3 is 2.44 bits per heavy atom. The van der Waals surface area contributed by atoms with Gasteiger partial charge in [0.2, 0.25) is 5.91 Å². The van der Waals surface area contributed by atoms with Gasteiger partial charge in [-0.1, -0.05) is 31.0 Å². The van der Waals surface area contributed by atoms with Crippen molar-refractivity contribution >= 4 is 17.7 Å². The van der Waals surface area contributed by atoms with Crippen LogP contribution in [0, 0.1) is 0 Å². The highest BCUT2D eigenvalue weighted by molar-refractivity contribution is 8.00. The summed E-state index contributed by atoms with van der Waals surface area (Å²) >= 11 is 1.44. The van der Waals surface area contributed by atoms with Crippen molar-refractivity contribution in [3.8, 4) is 22.8 Å². The average Bonchev–Trinajstić information content (AvgIpc) is 3.27. The molecule has 8 heteroatoms. The quantitative estimate of drug-likeness (QED) is 0.489. The summed E-state index contributed by atoms with van der Waals surface area (Å²) in [5.74, 6) is 1.62. The molecule has 0 N–H and O–H groups in total. The molecule has 0 radical (unpaired) electrons. The molecular formula is C24H29N5O2S. The van der Waals surface area contributed by atoms with E-state index in [1.54, 1.807) is 19.5 Å². The maximum atomic E-state index is 13.2. The van der Waals surface area contributed by atoms with Gasteiger partial charge < -0.3 is 9.64 Å². The number of carbonyl (C=O) groups excluding carboxylic acids is 1. The summed E-state index contributed by atoms with van der Waals surface area (Å²) in [6.07, 6.45) is 9.32. The van der Waals surface area contributed by atoms with Gasteiger partial charge in [-0.05, 0) is 56.2 Å². The number of pyridine rings is 1. The van der Waals surface area contributed by atoms with Crippen LogP contribution in [0.15, 0.2) is 53.9 Å². The standard InChI is InChI=1S/C24H29N5O2S/c1-17(23(30)28(2)19-7-5-4-6-8-19)32-24-27-26-22(18-13-15-25-16-14-18)29(24)20-9-11-21(31-3)12-10-20/h9-17,19H,4-8H2,1-3H3/t17-/m0/s1. The number of amides is 1. The molecule has 1 aromatic carbocycles. The Morgan fingerprint density at radius 1 is 1.09 bits per heavy atom. The van der Waals surface area contributed by atoms with E-state index in [0.29, 0.717) is 17.0 Å². The minimum atomic E-state index is -0.270. The monoisotopic (exact) mass is 451 g/mol. The summed E-state index contributed by atoms with van der Waals surface area (Å²) in [6, 6.07) is 11.9. The Kier molecular flexibility index (Phi) is 7.09. The van der Waals surface area contributed by atoms with Crippen LogP contribution in [0.5, 0.6) is 5.75 Å². The minimum absolute atomic E-state index is 0.136. The van der Waals surface area contributed by atoms with E-state index in [0.717, 1.165) is 29.8 Å². The first-order valence-corrected chi connectivity index (χ1v) is 11.9. The topological polar surface area (TPSA) is 73.1 Å². The molecular weight excluding hydrogens is 422 g/mol. The summed E-state index contributed by atoms with van der Waals surface area (Å²) < 4.78 is 7.30. The van der Waals surface area contributed by atoms with Crippen LogP contribution in [0.1, 0.15) is 39.0 Å². The van der Waals surface area contributed by atoms with Gasteiger partial charge in [-0.15, -0.1) is 10.2 Å². The molecule has 1 fully saturated rings. The van der Waals surface area contributed by atoms with E-state index in [1.807, 2.05) is 59.8 Å². The summed E-state index contributed by atoms with van der Waals surface area (Å²) in [4.78, 5) is 19.2. The molecule has 1 aliphatic rings. The number of aromatic nitrogens is 4. The van der Waals surface area contributed by atoms with Crippen molar-refractivity contribution < 1.29 is 9.53 Å². The zero-order chi connectivity index (χ0) is 22.5. The molecule has 7 nitrogen and oxygen atoms in total. The number of hydrogen-bond donors (Lipinski definition) is 0. The number of rotatable bonds is 7. The second kappa shape index (κ2) is 10.2. The van der Waals surface area contributed by atoms with Gasteiger partial charge >= 0.3 is 0 Å². The fourth-order valence-corrected chi connectivity index (χ4v) is 5.11. The first-order chi connectivity index (χ1) is 15.6. The third kappa shape index (κ3) is 4.80. The third-order valence-electron chi connectivity index (χ3n) is 6.00. The second-order valence-corrected chi connectivity index (χ2v) is 9.38. The van der Waals surface area contributed by atoms with E-state index < -0.39 is 0 Å². The highest BCUT2D eigenvalue weighted by atomic mass is 32.2. The predicted molar refractivity (Wildman–Crippen MR) is 126 cm³/mol. The van der Waals surface area contributed by atoms with Gasteiger partial charge in [-0.2, -0.15) is 0 Å². The first-order valence-electron chi connectivity index (χ1n) is 11.0. The first kappa shape index (κ1) is 22.3. The normalized spacial score (nSPS) is 15.3. The number of hydrogen-bond acceptors (Lipinski definition) is 6. The summed E-state index contributed by atoms with van der Waals surface area (Å²) in [5.41, 5.74) is 1.82. The summed E-state index contributed by atoms with van der Waals surface area (Å²) in [6.45, 7) is 1.95. The van der Waals surface area contributed by atoms with Gasteiger partial charge in [0.05, 0.1) is 12.4 Å². The fourth-order valence-electron chi connectivity index (χ4n) is 4.14. The molecule has 0 aliphatic heterocycles. The average molecular weight is 452 g/mol. The molecule has 0 spiro atoms. The lowest BCUT2D eigenvalue weighted by Crippen LogP contribution is -2.42. The molecule has 2 heterocycles. The Balaban J connectivity index is 1.63. The van der Waals surface area contributed by atoms with Crippen LogP contribution >= 0.6 is 11.8 Å². The lowest BCUT2D eigenvalue weighted by atomic mass is 9.94. The molecule has 32 heavy (non-hydrogen) atoms. The van der Waals surface area contributed by atoms with E-state index in [1.165, 1.54) is 31.0 Å². The van der Waals surface area contributed by atoms with Crippen molar-refractivity contribution in [1.29, 1.82) is 0 Å². The molecule has 4 rings (SSSR count). The number of methoxy groups -OCH3 is 1. The number of thioether (sulfide) groups is 1. The van der Waals surface area contributed by atoms with Crippen LogP contribution in [0.2, 0.25) is 0 Å². The van der Waals surface area contributed by atoms with Gasteiger partial charge in [0.1, 0.15) is 5.75 Å². The Bertz CT molecular complexity index is 1030. The number of nitrogens with zero attached hydrogens (tertiary/aromatic N) is 5. The molecule has 1 atom stereocenters. The lowest BCUT2D eigenvalue weighted by molar-refractivity contribution is -0.131. The number of carbonyl (C=O) groups is 1. The molecule has 1 amide bonds. The van der Waals surface area contributed by atoms with E-state index >= 15 is 0 Å². The molecule has 1 aliphatic carbocycles. The van der Waals surface area contributed by atoms with Crippen LogP contribution in [0.4, 0.5) is 0 Å². The van der Waals surface area contributed by atoms with Crippen molar-refractivity contribution in [3.05, 3.63) is 48.8 Å². The van der Waals surface area contributed by atoms with Crippen LogP contribution in [0.3, 0.4) is 0 Å². The molecule has 168 valence electrons. The lowest BCUT2D eigenvalue weighted by Gasteiger charge is -2.32. The maximum absolute atomic E-state index is 13.2. The van der Waals surface area contributed by atoms with Crippen molar-refractivity contribution in [2.45, 2.75) is 55.5 Å². The van der Waals surface area contributed by atoms with Crippen LogP contribution in [0.25, 0.3) is 17.1 Å². The van der Waals surface area contributed by atoms with E-state index in [-0.39, 0.29) is 11.2 Å². The van der Waals surface area contributed by atoms with Crippen molar-refractivity contribution in [2.75, 3.05) is 14.2 Å². The third-order valence-corrected chi connectivity index (χ3v) is 7.03. The molecule has 3 aromatic rings. The number of ether oxygens (including phenoxy) is 1. The van der Waals surface area contributed by atoms with Gasteiger partial charge in [0, 0.05) is 36.7 Å². The van der Waals surface area contributed by atoms with Crippen molar-refractivity contribution in [1.82, 2.24) is 24.6 Å². The highest BCUT2D eigenvalue weighted by Gasteiger charge is 2.28. The highest BCUT2D eigenvalue weighted by Crippen LogP contribution is 2.32. The summed E-state index contributed by atoms with van der Waals surface area (Å²) in [7, 11) is 3.58. The number of benzene rings is 1. The molecule has 2 aromatic heterocycles. The zero-order valence-corrected chi connectivity index (χ0v) is 19.6. The smallest absolute Gasteiger partial charge is 0.235 e. The fraction of sp³-hybridized carbons (Fsp3) is 0.417. The molecule has 1 saturated carbocycles.